The van der Waals surface area contributed by atoms with Gasteiger partial charge in [-0.2, -0.15) is 0 Å². The molecule has 0 spiro atoms. The molecule has 5 heavy (non-hydrogen) atoms. The molecular formula is CH4OSi3. The largest absolute Gasteiger partial charge is 0.451 e. The molecule has 0 N–H and O–H groups in total. The van der Waals surface area contributed by atoms with Crippen LogP contribution in [-0.4, -0.2) is 27.5 Å². The molecular weight excluding hydrogens is 112 g/mol. The van der Waals surface area contributed by atoms with E-state index in [2.05, 4.69) is 5.12 Å². The van der Waals surface area contributed by atoms with E-state index in [1.54, 1.807) is 0 Å². The van der Waals surface area contributed by atoms with Crippen molar-refractivity contribution in [1.82, 2.24) is 0 Å². The molecule has 0 saturated heterocycles. The Balaban J connectivity index is 2.42. The molecule has 1 rings (SSSR count). The summed E-state index contributed by atoms with van der Waals surface area (Å²) in [6, 6.07) is 0. The van der Waals surface area contributed by atoms with Crippen molar-refractivity contribution in [2.24, 2.45) is 0 Å². The molecule has 26 valence electrons. The van der Waals surface area contributed by atoms with Crippen LogP contribution in [0, 0.1) is 5.12 Å². The smallest absolute Gasteiger partial charge is 0.220 e. The third-order valence-electron chi connectivity index (χ3n) is 0.473. The van der Waals surface area contributed by atoms with Crippen LogP contribution in [0.5, 0.6) is 0 Å². The summed E-state index contributed by atoms with van der Waals surface area (Å²) in [5.74, 6) is 0. The van der Waals surface area contributed by atoms with Crippen LogP contribution in [0.3, 0.4) is 0 Å². The van der Waals surface area contributed by atoms with E-state index in [1.807, 2.05) is 0 Å². The van der Waals surface area contributed by atoms with E-state index in [0.29, 0.717) is 0 Å². The molecule has 0 atom stereocenters. The van der Waals surface area contributed by atoms with Crippen LogP contribution in [0.1, 0.15) is 0 Å². The minimum absolute atomic E-state index is 0.0216. The van der Waals surface area contributed by atoms with Crippen LogP contribution in [-0.2, 0) is 4.12 Å². The number of hydrogen-bond acceptors (Lipinski definition) is 1. The predicted octanol–water partition coefficient (Wildman–Crippen LogP) is -2.28. The van der Waals surface area contributed by atoms with Crippen LogP contribution in [0.4, 0.5) is 0 Å². The van der Waals surface area contributed by atoms with E-state index in [0.717, 1.165) is 8.48 Å². The molecule has 0 bridgehead atoms. The summed E-state index contributed by atoms with van der Waals surface area (Å²) in [5, 5.41) is 3.23. The molecule has 0 unspecified atom stereocenters. The van der Waals surface area contributed by atoms with Crippen molar-refractivity contribution in [1.29, 1.82) is 0 Å². The van der Waals surface area contributed by atoms with Crippen LogP contribution < -0.4 is 0 Å². The zero-order valence-corrected chi connectivity index (χ0v) is 6.65. The second kappa shape index (κ2) is 1.74. The van der Waals surface area contributed by atoms with Gasteiger partial charge in [-0.25, -0.2) is 0 Å². The van der Waals surface area contributed by atoms with E-state index in [4.69, 9.17) is 4.12 Å². The Bertz CT molecular complexity index is 70.6. The lowest BCUT2D eigenvalue weighted by Crippen LogP contribution is -1.91. The maximum Gasteiger partial charge on any atom is 0.220 e. The molecule has 0 saturated carbocycles. The van der Waals surface area contributed by atoms with Crippen molar-refractivity contribution in [3.8, 4) is 5.12 Å². The maximum atomic E-state index is 5.12. The highest BCUT2D eigenvalue weighted by atomic mass is 29.1. The molecule has 1 heterocycles. The van der Waals surface area contributed by atoms with Gasteiger partial charge in [-0.05, 0) is 8.48 Å². The fourth-order valence-electron chi connectivity index (χ4n) is 0.255. The van der Waals surface area contributed by atoms with Gasteiger partial charge in [0.1, 0.15) is 0 Å². The minimum atomic E-state index is -0.133. The third-order valence-corrected chi connectivity index (χ3v) is 8.35. The van der Waals surface area contributed by atoms with Gasteiger partial charge < -0.3 is 4.12 Å². The monoisotopic (exact) mass is 116 g/mol. The first kappa shape index (κ1) is 3.58. The predicted molar refractivity (Wildman–Crippen MR) is 27.8 cm³/mol. The lowest BCUT2D eigenvalue weighted by Gasteiger charge is -1.76. The van der Waals surface area contributed by atoms with Crippen molar-refractivity contribution in [3.05, 3.63) is 0 Å². The van der Waals surface area contributed by atoms with Gasteiger partial charge >= 0.3 is 0 Å². The summed E-state index contributed by atoms with van der Waals surface area (Å²) < 4.78 is 5.12. The average molecular weight is 116 g/mol. The van der Waals surface area contributed by atoms with E-state index < -0.39 is 0 Å². The SMILES string of the molecule is C1#[Si][SiH2]O[SiH2]1. The first-order chi connectivity index (χ1) is 2.50. The van der Waals surface area contributed by atoms with Gasteiger partial charge in [0.15, 0.2) is 9.28 Å². The van der Waals surface area contributed by atoms with Crippen molar-refractivity contribution in [3.63, 3.8) is 0 Å². The fraction of sp³-hybridized carbons (Fsp3) is 0. The molecule has 0 radical (unpaired) electrons. The highest BCUT2D eigenvalue weighted by Gasteiger charge is 1.83. The molecule has 0 amide bonds. The average Bonchev–Trinajstić information content (AvgIpc) is 1.76. The van der Waals surface area contributed by atoms with Gasteiger partial charge in [-0.1, -0.05) is 0 Å². The van der Waals surface area contributed by atoms with Crippen molar-refractivity contribution >= 4 is 27.5 Å². The van der Waals surface area contributed by atoms with E-state index in [1.165, 1.54) is 0 Å². The lowest BCUT2D eigenvalue weighted by atomic mass is 11.9. The third kappa shape index (κ3) is 0.864. The normalized spacial score (nSPS) is 27.2. The minimum Gasteiger partial charge on any atom is -0.451 e. The van der Waals surface area contributed by atoms with Gasteiger partial charge in [0.05, 0.1) is 0 Å². The highest BCUT2D eigenvalue weighted by Crippen LogP contribution is 1.63. The van der Waals surface area contributed by atoms with Crippen molar-refractivity contribution in [2.75, 3.05) is 0 Å². The molecule has 1 aliphatic rings. The van der Waals surface area contributed by atoms with E-state index in [9.17, 15) is 0 Å². The van der Waals surface area contributed by atoms with Crippen LogP contribution in [0.25, 0.3) is 0 Å². The van der Waals surface area contributed by atoms with Gasteiger partial charge in [0, 0.05) is 0 Å². The van der Waals surface area contributed by atoms with Crippen molar-refractivity contribution < 1.29 is 4.12 Å². The van der Waals surface area contributed by atoms with Crippen LogP contribution >= 0.6 is 0 Å². The van der Waals surface area contributed by atoms with E-state index in [-0.39, 0.29) is 19.0 Å². The number of hydrogen-bond donors (Lipinski definition) is 0. The molecule has 0 aliphatic carbocycles. The summed E-state index contributed by atoms with van der Waals surface area (Å²) in [4.78, 5) is 0. The van der Waals surface area contributed by atoms with Gasteiger partial charge in [0.25, 0.3) is 0 Å². The van der Waals surface area contributed by atoms with Gasteiger partial charge in [-0.15, -0.1) is 5.12 Å². The Hall–Kier alpha value is 0.391. The summed E-state index contributed by atoms with van der Waals surface area (Å²) in [6.07, 6.45) is 0. The topological polar surface area (TPSA) is 9.23 Å². The first-order valence-corrected chi connectivity index (χ1v) is 6.72. The van der Waals surface area contributed by atoms with Gasteiger partial charge in [0.2, 0.25) is 9.76 Å². The second-order valence-corrected chi connectivity index (χ2v) is 6.75. The Kier molecular flexibility index (Phi) is 1.24. The Morgan fingerprint density at radius 1 is 1.80 bits per heavy atom. The molecule has 1 nitrogen and oxygen atoms in total. The molecule has 1 aliphatic heterocycles. The highest BCUT2D eigenvalue weighted by molar-refractivity contribution is 6.98. The molecule has 0 aromatic carbocycles. The summed E-state index contributed by atoms with van der Waals surface area (Å²) in [7, 11) is 0.926. The fourth-order valence-corrected chi connectivity index (χ4v) is 6.89. The molecule has 0 fully saturated rings. The van der Waals surface area contributed by atoms with E-state index >= 15 is 0 Å². The molecule has 0 aromatic heterocycles. The van der Waals surface area contributed by atoms with Crippen LogP contribution in [0.15, 0.2) is 0 Å². The Morgan fingerprint density at radius 3 is 3.00 bits per heavy atom. The molecule has 4 heteroatoms. The Labute approximate surface area is 37.5 Å². The summed E-state index contributed by atoms with van der Waals surface area (Å²) >= 11 is 0. The second-order valence-electron chi connectivity index (χ2n) is 0.846. The Morgan fingerprint density at radius 2 is 2.80 bits per heavy atom. The lowest BCUT2D eigenvalue weighted by molar-refractivity contribution is 0.673. The molecule has 0 aromatic rings. The summed E-state index contributed by atoms with van der Waals surface area (Å²) in [5.41, 5.74) is 0. The first-order valence-electron chi connectivity index (χ1n) is 1.53. The number of rotatable bonds is 0. The maximum absolute atomic E-state index is 5.12. The quantitative estimate of drug-likeness (QED) is 0.324. The van der Waals surface area contributed by atoms with Crippen LogP contribution in [0.2, 0.25) is 0 Å². The zero-order valence-electron chi connectivity index (χ0n) is 2.82. The van der Waals surface area contributed by atoms with Gasteiger partial charge in [-0.3, -0.25) is 0 Å². The van der Waals surface area contributed by atoms with Crippen molar-refractivity contribution in [2.45, 2.75) is 0 Å². The zero-order chi connectivity index (χ0) is 3.54. The standard InChI is InChI=1S/CH4OSi3/c1-3-2-5-4-1/h3,5H2. The summed E-state index contributed by atoms with van der Waals surface area (Å²) in [6.45, 7) is 0.